The number of methoxy groups -OCH3 is 1. The highest BCUT2D eigenvalue weighted by Crippen LogP contribution is 2.34. The van der Waals surface area contributed by atoms with Crippen LogP contribution in [0, 0.1) is 17.0 Å². The lowest BCUT2D eigenvalue weighted by molar-refractivity contribution is -0.385. The van der Waals surface area contributed by atoms with Gasteiger partial charge in [0.05, 0.1) is 22.7 Å². The third-order valence-electron chi connectivity index (χ3n) is 3.34. The Morgan fingerprint density at radius 2 is 2.11 bits per heavy atom. The fraction of sp³-hybridized carbons (Fsp3) is 0.176. The van der Waals surface area contributed by atoms with Gasteiger partial charge in [0.25, 0.3) is 5.91 Å². The summed E-state index contributed by atoms with van der Waals surface area (Å²) in [6, 6.07) is 7.56. The van der Waals surface area contributed by atoms with Gasteiger partial charge in [0.1, 0.15) is 0 Å². The van der Waals surface area contributed by atoms with Crippen LogP contribution in [0.1, 0.15) is 11.1 Å². The molecule has 0 aromatic heterocycles. The molecule has 0 saturated carbocycles. The Morgan fingerprint density at radius 3 is 2.78 bits per heavy atom. The van der Waals surface area contributed by atoms with E-state index in [1.807, 2.05) is 0 Å². The first-order valence-corrected chi connectivity index (χ1v) is 8.37. The molecule has 0 radical (unpaired) electrons. The molecule has 0 aliphatic heterocycles. The van der Waals surface area contributed by atoms with Crippen LogP contribution in [-0.4, -0.2) is 35.9 Å². The molecule has 0 spiro atoms. The zero-order valence-corrected chi connectivity index (χ0v) is 16.0. The number of nitrogens with zero attached hydrogens (tertiary/aromatic N) is 2. The van der Waals surface area contributed by atoms with E-state index in [0.717, 1.165) is 0 Å². The molecule has 0 saturated heterocycles. The molecule has 0 fully saturated rings. The van der Waals surface area contributed by atoms with Gasteiger partial charge < -0.3 is 14.6 Å². The predicted octanol–water partition coefficient (Wildman–Crippen LogP) is 2.91. The average Bonchev–Trinajstić information content (AvgIpc) is 2.63. The number of halogens is 1. The summed E-state index contributed by atoms with van der Waals surface area (Å²) in [7, 11) is 1.41. The number of ether oxygens (including phenoxy) is 2. The van der Waals surface area contributed by atoms with Gasteiger partial charge in [0.2, 0.25) is 0 Å². The molecule has 9 nitrogen and oxygen atoms in total. The van der Waals surface area contributed by atoms with Crippen LogP contribution in [0.5, 0.6) is 17.2 Å². The van der Waals surface area contributed by atoms with Gasteiger partial charge in [-0.05, 0) is 52.2 Å². The van der Waals surface area contributed by atoms with E-state index in [2.05, 4.69) is 26.5 Å². The monoisotopic (exact) mass is 437 g/mol. The van der Waals surface area contributed by atoms with E-state index in [-0.39, 0.29) is 22.9 Å². The zero-order chi connectivity index (χ0) is 20.0. The number of hydrazone groups is 1. The summed E-state index contributed by atoms with van der Waals surface area (Å²) >= 11 is 3.18. The summed E-state index contributed by atoms with van der Waals surface area (Å²) in [6.07, 6.45) is 1.35. The van der Waals surface area contributed by atoms with Crippen LogP contribution in [0.3, 0.4) is 0 Å². The number of phenols is 1. The summed E-state index contributed by atoms with van der Waals surface area (Å²) in [5.41, 5.74) is 3.30. The fourth-order valence-corrected chi connectivity index (χ4v) is 2.53. The van der Waals surface area contributed by atoms with Crippen molar-refractivity contribution in [2.75, 3.05) is 13.7 Å². The van der Waals surface area contributed by atoms with Crippen LogP contribution in [0.15, 0.2) is 39.9 Å². The molecule has 0 unspecified atom stereocenters. The van der Waals surface area contributed by atoms with Crippen LogP contribution in [0.25, 0.3) is 0 Å². The number of hydrogen-bond acceptors (Lipinski definition) is 7. The minimum Gasteiger partial charge on any atom is -0.503 e. The van der Waals surface area contributed by atoms with Crippen molar-refractivity contribution < 1.29 is 24.3 Å². The summed E-state index contributed by atoms with van der Waals surface area (Å²) < 4.78 is 10.6. The quantitative estimate of drug-likeness (QED) is 0.389. The number of nitro benzene ring substituents is 1. The number of hydrogen-bond donors (Lipinski definition) is 2. The number of rotatable bonds is 7. The van der Waals surface area contributed by atoms with Gasteiger partial charge >= 0.3 is 5.69 Å². The van der Waals surface area contributed by atoms with E-state index in [1.165, 1.54) is 31.5 Å². The molecule has 2 aromatic carbocycles. The number of amides is 1. The Morgan fingerprint density at radius 1 is 1.37 bits per heavy atom. The second-order valence-electron chi connectivity index (χ2n) is 5.36. The van der Waals surface area contributed by atoms with Crippen molar-refractivity contribution in [3.8, 4) is 17.2 Å². The number of nitro groups is 1. The molecule has 0 atom stereocenters. The van der Waals surface area contributed by atoms with Crippen molar-refractivity contribution >= 4 is 33.7 Å². The van der Waals surface area contributed by atoms with Crippen molar-refractivity contribution in [3.05, 3.63) is 56.0 Å². The molecule has 0 heterocycles. The first-order chi connectivity index (χ1) is 12.8. The summed E-state index contributed by atoms with van der Waals surface area (Å²) in [5, 5.41) is 24.5. The molecule has 0 aliphatic carbocycles. The maximum Gasteiger partial charge on any atom is 0.311 e. The highest BCUT2D eigenvalue weighted by Gasteiger charge is 2.16. The molecule has 2 rings (SSSR count). The van der Waals surface area contributed by atoms with Crippen molar-refractivity contribution in [1.82, 2.24) is 5.43 Å². The summed E-state index contributed by atoms with van der Waals surface area (Å²) in [5.74, 6) is -0.401. The molecule has 27 heavy (non-hydrogen) atoms. The standard InChI is InChI=1S/C17H16BrN3O6/c1-10-3-4-14(13(5-10)21(24)25)27-9-16(22)20-19-8-11-6-12(18)17(23)15(7-11)26-2/h3-8,23H,9H2,1-2H3,(H,20,22). The normalized spacial score (nSPS) is 10.6. The maximum atomic E-state index is 11.8. The fourth-order valence-electron chi connectivity index (χ4n) is 2.07. The lowest BCUT2D eigenvalue weighted by Gasteiger charge is -2.07. The minimum absolute atomic E-state index is 0.00284. The van der Waals surface area contributed by atoms with Gasteiger partial charge in [0.15, 0.2) is 23.9 Å². The van der Waals surface area contributed by atoms with E-state index in [9.17, 15) is 20.0 Å². The molecular formula is C17H16BrN3O6. The second-order valence-corrected chi connectivity index (χ2v) is 6.22. The topological polar surface area (TPSA) is 123 Å². The van der Waals surface area contributed by atoms with Gasteiger partial charge in [-0.3, -0.25) is 14.9 Å². The molecular weight excluding hydrogens is 422 g/mol. The Balaban J connectivity index is 1.97. The van der Waals surface area contributed by atoms with E-state index < -0.39 is 17.4 Å². The Bertz CT molecular complexity index is 900. The number of carbonyl (C=O) groups is 1. The van der Waals surface area contributed by atoms with Gasteiger partial charge in [-0.25, -0.2) is 5.43 Å². The molecule has 0 bridgehead atoms. The first kappa shape index (κ1) is 20.2. The first-order valence-electron chi connectivity index (χ1n) is 7.58. The number of aromatic hydroxyl groups is 1. The Hall–Kier alpha value is -3.14. The number of phenolic OH excluding ortho intramolecular Hbond substituents is 1. The van der Waals surface area contributed by atoms with Crippen molar-refractivity contribution in [3.63, 3.8) is 0 Å². The molecule has 142 valence electrons. The SMILES string of the molecule is COc1cc(C=NNC(=O)COc2ccc(C)cc2[N+](=O)[O-])cc(Br)c1O. The van der Waals surface area contributed by atoms with E-state index in [4.69, 9.17) is 9.47 Å². The van der Waals surface area contributed by atoms with Gasteiger partial charge in [-0.15, -0.1) is 0 Å². The second kappa shape index (κ2) is 8.99. The van der Waals surface area contributed by atoms with Gasteiger partial charge in [0, 0.05) is 6.07 Å². The average molecular weight is 438 g/mol. The number of nitrogens with one attached hydrogen (secondary N) is 1. The van der Waals surface area contributed by atoms with Gasteiger partial charge in [-0.2, -0.15) is 5.10 Å². The molecule has 10 heteroatoms. The third-order valence-corrected chi connectivity index (χ3v) is 3.95. The minimum atomic E-state index is -0.592. The Kier molecular flexibility index (Phi) is 6.72. The highest BCUT2D eigenvalue weighted by molar-refractivity contribution is 9.10. The smallest absolute Gasteiger partial charge is 0.311 e. The predicted molar refractivity (Wildman–Crippen MR) is 101 cm³/mol. The summed E-state index contributed by atoms with van der Waals surface area (Å²) in [6.45, 7) is 1.28. The van der Waals surface area contributed by atoms with Crippen LogP contribution in [0.4, 0.5) is 5.69 Å². The van der Waals surface area contributed by atoms with Crippen LogP contribution < -0.4 is 14.9 Å². The van der Waals surface area contributed by atoms with Crippen LogP contribution in [-0.2, 0) is 4.79 Å². The van der Waals surface area contributed by atoms with Crippen molar-refractivity contribution in [2.24, 2.45) is 5.10 Å². The van der Waals surface area contributed by atoms with E-state index >= 15 is 0 Å². The number of carbonyl (C=O) groups excluding carboxylic acids is 1. The van der Waals surface area contributed by atoms with Crippen molar-refractivity contribution in [1.29, 1.82) is 0 Å². The molecule has 2 N–H and O–H groups in total. The number of benzene rings is 2. The third kappa shape index (κ3) is 5.42. The number of aryl methyl sites for hydroxylation is 1. The largest absolute Gasteiger partial charge is 0.503 e. The maximum absolute atomic E-state index is 11.8. The molecule has 2 aromatic rings. The lowest BCUT2D eigenvalue weighted by Crippen LogP contribution is -2.24. The van der Waals surface area contributed by atoms with Crippen molar-refractivity contribution in [2.45, 2.75) is 6.92 Å². The zero-order valence-electron chi connectivity index (χ0n) is 14.4. The van der Waals surface area contributed by atoms with Gasteiger partial charge in [-0.1, -0.05) is 6.07 Å². The lowest BCUT2D eigenvalue weighted by atomic mass is 10.2. The van der Waals surface area contributed by atoms with E-state index in [0.29, 0.717) is 15.6 Å². The summed E-state index contributed by atoms with van der Waals surface area (Å²) in [4.78, 5) is 22.3. The highest BCUT2D eigenvalue weighted by atomic mass is 79.9. The van der Waals surface area contributed by atoms with Crippen LogP contribution in [0.2, 0.25) is 0 Å². The molecule has 1 amide bonds. The van der Waals surface area contributed by atoms with E-state index in [1.54, 1.807) is 19.1 Å². The Labute approximate surface area is 162 Å². The van der Waals surface area contributed by atoms with Crippen LogP contribution >= 0.6 is 15.9 Å². The molecule has 0 aliphatic rings.